The van der Waals surface area contributed by atoms with Crippen LogP contribution in [-0.4, -0.2) is 33.6 Å². The van der Waals surface area contributed by atoms with Crippen LogP contribution in [0.1, 0.15) is 25.3 Å². The average Bonchev–Trinajstić information content (AvgIpc) is 2.89. The maximum atomic E-state index is 5.78. The molecule has 0 bridgehead atoms. The minimum Gasteiger partial charge on any atom is -0.299 e. The summed E-state index contributed by atoms with van der Waals surface area (Å²) in [6, 6.07) is 0. The van der Waals surface area contributed by atoms with Crippen LogP contribution in [0.2, 0.25) is 0 Å². The molecule has 0 amide bonds. The van der Waals surface area contributed by atoms with E-state index in [0.717, 1.165) is 31.3 Å². The first-order chi connectivity index (χ1) is 7.81. The monoisotopic (exact) mass is 241 g/mol. The minimum atomic E-state index is 0.798. The summed E-state index contributed by atoms with van der Waals surface area (Å²) in [7, 11) is 0. The summed E-state index contributed by atoms with van der Waals surface area (Å²) in [5, 5.41) is 4.30. The lowest BCUT2D eigenvalue weighted by molar-refractivity contribution is 0.315. The highest BCUT2D eigenvalue weighted by molar-refractivity contribution is 6.17. The van der Waals surface area contributed by atoms with Crippen LogP contribution in [0, 0.1) is 5.92 Å². The van der Waals surface area contributed by atoms with E-state index >= 15 is 0 Å². The van der Waals surface area contributed by atoms with Crippen molar-refractivity contribution < 1.29 is 0 Å². The minimum absolute atomic E-state index is 0.798. The Hall–Kier alpha value is -0.540. The van der Waals surface area contributed by atoms with Gasteiger partial charge in [-0.15, -0.1) is 11.6 Å². The van der Waals surface area contributed by atoms with E-state index in [1.165, 1.54) is 25.1 Å². The molecule has 0 aromatic carbocycles. The molecule has 4 heteroatoms. The molecule has 1 unspecified atom stereocenters. The number of rotatable bonds is 5. The molecule has 1 aromatic heterocycles. The van der Waals surface area contributed by atoms with Crippen LogP contribution in [0.3, 0.4) is 0 Å². The second-order valence-electron chi connectivity index (χ2n) is 4.57. The van der Waals surface area contributed by atoms with E-state index in [0.29, 0.717) is 0 Å². The highest BCUT2D eigenvalue weighted by Crippen LogP contribution is 2.21. The molecule has 1 aromatic rings. The molecule has 0 saturated carbocycles. The van der Waals surface area contributed by atoms with Gasteiger partial charge in [-0.1, -0.05) is 0 Å². The van der Waals surface area contributed by atoms with Crippen LogP contribution in [0.25, 0.3) is 0 Å². The van der Waals surface area contributed by atoms with E-state index in [1.54, 1.807) is 0 Å². The second kappa shape index (κ2) is 5.69. The second-order valence-corrected chi connectivity index (χ2v) is 4.95. The van der Waals surface area contributed by atoms with Crippen molar-refractivity contribution >= 4 is 11.6 Å². The molecule has 2 heterocycles. The summed E-state index contributed by atoms with van der Waals surface area (Å²) in [5.41, 5.74) is 1.33. The maximum absolute atomic E-state index is 5.78. The van der Waals surface area contributed by atoms with E-state index in [2.05, 4.69) is 23.1 Å². The van der Waals surface area contributed by atoms with E-state index in [9.17, 15) is 0 Å². The number of aromatic nitrogens is 2. The zero-order chi connectivity index (χ0) is 11.4. The van der Waals surface area contributed by atoms with Gasteiger partial charge in [-0.2, -0.15) is 5.10 Å². The third-order valence-corrected chi connectivity index (χ3v) is 3.52. The zero-order valence-corrected chi connectivity index (χ0v) is 10.7. The van der Waals surface area contributed by atoms with Gasteiger partial charge in [0.2, 0.25) is 0 Å². The van der Waals surface area contributed by atoms with Crippen molar-refractivity contribution in [3.05, 3.63) is 18.0 Å². The fourth-order valence-corrected chi connectivity index (χ4v) is 2.67. The molecule has 0 spiro atoms. The van der Waals surface area contributed by atoms with Crippen molar-refractivity contribution in [2.45, 2.75) is 32.9 Å². The van der Waals surface area contributed by atoms with Gasteiger partial charge in [0.1, 0.15) is 0 Å². The third-order valence-electron chi connectivity index (χ3n) is 3.30. The molecule has 90 valence electrons. The topological polar surface area (TPSA) is 21.1 Å². The summed E-state index contributed by atoms with van der Waals surface area (Å²) in [6.07, 6.45) is 6.59. The van der Waals surface area contributed by atoms with Crippen molar-refractivity contribution in [2.75, 3.05) is 19.0 Å². The largest absolute Gasteiger partial charge is 0.299 e. The summed E-state index contributed by atoms with van der Waals surface area (Å²) in [6.45, 7) is 6.51. The predicted octanol–water partition coefficient (Wildman–Crippen LogP) is 2.35. The Morgan fingerprint density at radius 1 is 1.56 bits per heavy atom. The number of alkyl halides is 1. The molecule has 1 aliphatic heterocycles. The van der Waals surface area contributed by atoms with Crippen LogP contribution < -0.4 is 0 Å². The van der Waals surface area contributed by atoms with Gasteiger partial charge in [0.15, 0.2) is 0 Å². The number of halogens is 1. The molecule has 2 rings (SSSR count). The molecule has 3 nitrogen and oxygen atoms in total. The van der Waals surface area contributed by atoms with Crippen LogP contribution in [0.15, 0.2) is 12.4 Å². The fraction of sp³-hybridized carbons (Fsp3) is 0.750. The first kappa shape index (κ1) is 11.9. The lowest BCUT2D eigenvalue weighted by atomic mass is 10.1. The van der Waals surface area contributed by atoms with Crippen molar-refractivity contribution in [1.82, 2.24) is 14.7 Å². The van der Waals surface area contributed by atoms with Gasteiger partial charge in [-0.05, 0) is 32.2 Å². The van der Waals surface area contributed by atoms with Crippen LogP contribution >= 0.6 is 11.6 Å². The molecule has 1 saturated heterocycles. The highest BCUT2D eigenvalue weighted by atomic mass is 35.5. The fourth-order valence-electron chi connectivity index (χ4n) is 2.37. The molecule has 0 aliphatic carbocycles. The normalized spacial score (nSPS) is 21.8. The van der Waals surface area contributed by atoms with Crippen LogP contribution in [-0.2, 0) is 13.1 Å². The van der Waals surface area contributed by atoms with Gasteiger partial charge in [0, 0.05) is 37.3 Å². The Morgan fingerprint density at radius 2 is 2.44 bits per heavy atom. The Morgan fingerprint density at radius 3 is 3.12 bits per heavy atom. The van der Waals surface area contributed by atoms with Gasteiger partial charge in [-0.25, -0.2) is 0 Å². The lowest BCUT2D eigenvalue weighted by Gasteiger charge is -2.14. The summed E-state index contributed by atoms with van der Waals surface area (Å²) >= 11 is 5.78. The molecule has 1 aliphatic rings. The number of hydrogen-bond donors (Lipinski definition) is 0. The standard InChI is InChI=1S/C12H20ClN3/c1-2-16-10-12(7-14-16)9-15-6-4-11(8-15)3-5-13/h7,10-11H,2-6,8-9H2,1H3. The summed E-state index contributed by atoms with van der Waals surface area (Å²) in [5.74, 6) is 1.60. The van der Waals surface area contributed by atoms with E-state index in [1.807, 2.05) is 10.9 Å². The first-order valence-electron chi connectivity index (χ1n) is 6.11. The summed E-state index contributed by atoms with van der Waals surface area (Å²) in [4.78, 5) is 2.51. The van der Waals surface area contributed by atoms with E-state index in [4.69, 9.17) is 11.6 Å². The van der Waals surface area contributed by atoms with Crippen molar-refractivity contribution in [1.29, 1.82) is 0 Å². The number of likely N-dealkylation sites (tertiary alicyclic amines) is 1. The molecule has 16 heavy (non-hydrogen) atoms. The Labute approximate surface area is 102 Å². The smallest absolute Gasteiger partial charge is 0.0534 e. The first-order valence-corrected chi connectivity index (χ1v) is 6.65. The lowest BCUT2D eigenvalue weighted by Crippen LogP contribution is -2.19. The number of hydrogen-bond acceptors (Lipinski definition) is 2. The van der Waals surface area contributed by atoms with E-state index in [-0.39, 0.29) is 0 Å². The molecule has 0 N–H and O–H groups in total. The van der Waals surface area contributed by atoms with Gasteiger partial charge < -0.3 is 0 Å². The zero-order valence-electron chi connectivity index (χ0n) is 9.90. The van der Waals surface area contributed by atoms with Crippen molar-refractivity contribution in [2.24, 2.45) is 5.92 Å². The van der Waals surface area contributed by atoms with Crippen molar-refractivity contribution in [3.63, 3.8) is 0 Å². The third kappa shape index (κ3) is 2.98. The van der Waals surface area contributed by atoms with Crippen LogP contribution in [0.5, 0.6) is 0 Å². The molecule has 1 fully saturated rings. The predicted molar refractivity (Wildman–Crippen MR) is 66.6 cm³/mol. The Kier molecular flexibility index (Phi) is 4.24. The van der Waals surface area contributed by atoms with Crippen molar-refractivity contribution in [3.8, 4) is 0 Å². The van der Waals surface area contributed by atoms with Gasteiger partial charge >= 0.3 is 0 Å². The molecular weight excluding hydrogens is 222 g/mol. The summed E-state index contributed by atoms with van der Waals surface area (Å²) < 4.78 is 1.99. The SMILES string of the molecule is CCn1cc(CN2CCC(CCCl)C2)cn1. The maximum Gasteiger partial charge on any atom is 0.0534 e. The quantitative estimate of drug-likeness (QED) is 0.738. The molecule has 0 radical (unpaired) electrons. The Bertz CT molecular complexity index is 324. The molecular formula is C12H20ClN3. The highest BCUT2D eigenvalue weighted by Gasteiger charge is 2.21. The van der Waals surface area contributed by atoms with Gasteiger partial charge in [0.25, 0.3) is 0 Å². The van der Waals surface area contributed by atoms with Crippen LogP contribution in [0.4, 0.5) is 0 Å². The van der Waals surface area contributed by atoms with Gasteiger partial charge in [-0.3, -0.25) is 9.58 Å². The van der Waals surface area contributed by atoms with Gasteiger partial charge in [0.05, 0.1) is 6.20 Å². The van der Waals surface area contributed by atoms with E-state index < -0.39 is 0 Å². The molecule has 1 atom stereocenters. The number of aryl methyl sites for hydroxylation is 1. The Balaban J connectivity index is 1.82. The number of nitrogens with zero attached hydrogens (tertiary/aromatic N) is 3. The average molecular weight is 242 g/mol.